The number of hydrogen-bond donors (Lipinski definition) is 2. The van der Waals surface area contributed by atoms with Crippen molar-refractivity contribution in [3.8, 4) is 11.5 Å². The van der Waals surface area contributed by atoms with Crippen LogP contribution in [0.2, 0.25) is 0 Å². The highest BCUT2D eigenvalue weighted by molar-refractivity contribution is 6.04. The Labute approximate surface area is 111 Å². The van der Waals surface area contributed by atoms with Crippen molar-refractivity contribution in [2.24, 2.45) is 5.92 Å². The zero-order valence-electron chi connectivity index (χ0n) is 11.3. The number of aryl methyl sites for hydroxylation is 1. The molecular formula is C13H17NO5. The predicted octanol–water partition coefficient (Wildman–Crippen LogP) is 1.67. The number of carboxylic acid groups (broad SMARTS) is 1. The quantitative estimate of drug-likeness (QED) is 0.793. The van der Waals surface area contributed by atoms with Crippen molar-refractivity contribution in [2.75, 3.05) is 19.5 Å². The number of carbonyl (C=O) groups excluding carboxylic acids is 1. The van der Waals surface area contributed by atoms with E-state index >= 15 is 0 Å². The van der Waals surface area contributed by atoms with E-state index in [1.807, 2.05) is 6.92 Å². The molecule has 0 bridgehead atoms. The van der Waals surface area contributed by atoms with E-state index < -0.39 is 17.8 Å². The monoisotopic (exact) mass is 267 g/mol. The molecule has 0 aliphatic heterocycles. The van der Waals surface area contributed by atoms with Crippen LogP contribution in [0, 0.1) is 12.8 Å². The molecule has 104 valence electrons. The molecule has 1 unspecified atom stereocenters. The molecule has 6 nitrogen and oxygen atoms in total. The fourth-order valence-corrected chi connectivity index (χ4v) is 1.50. The number of ether oxygens (including phenoxy) is 2. The molecule has 0 fully saturated rings. The summed E-state index contributed by atoms with van der Waals surface area (Å²) in [5.41, 5.74) is 1.23. The molecule has 0 heterocycles. The van der Waals surface area contributed by atoms with Gasteiger partial charge in [-0.2, -0.15) is 0 Å². The maximum absolute atomic E-state index is 11.7. The summed E-state index contributed by atoms with van der Waals surface area (Å²) in [4.78, 5) is 22.5. The van der Waals surface area contributed by atoms with Crippen LogP contribution in [0.3, 0.4) is 0 Å². The molecular weight excluding hydrogens is 250 g/mol. The second-order valence-corrected chi connectivity index (χ2v) is 4.07. The number of carboxylic acids is 1. The maximum Gasteiger partial charge on any atom is 0.315 e. The van der Waals surface area contributed by atoms with Gasteiger partial charge in [0.15, 0.2) is 0 Å². The molecule has 19 heavy (non-hydrogen) atoms. The molecule has 6 heteroatoms. The smallest absolute Gasteiger partial charge is 0.315 e. The molecule has 1 aromatic carbocycles. The Bertz CT molecular complexity index is 498. The van der Waals surface area contributed by atoms with E-state index in [0.29, 0.717) is 17.2 Å². The first-order chi connectivity index (χ1) is 8.90. The molecule has 1 amide bonds. The molecule has 0 radical (unpaired) electrons. The van der Waals surface area contributed by atoms with Crippen molar-refractivity contribution in [3.63, 3.8) is 0 Å². The van der Waals surface area contributed by atoms with Gasteiger partial charge in [-0.1, -0.05) is 0 Å². The summed E-state index contributed by atoms with van der Waals surface area (Å²) in [5.74, 6) is -1.91. The molecule has 1 rings (SSSR count). The third-order valence-corrected chi connectivity index (χ3v) is 2.74. The van der Waals surface area contributed by atoms with Crippen LogP contribution in [-0.4, -0.2) is 31.2 Å². The minimum Gasteiger partial charge on any atom is -0.496 e. The second-order valence-electron chi connectivity index (χ2n) is 4.07. The summed E-state index contributed by atoms with van der Waals surface area (Å²) in [6.07, 6.45) is 0. The van der Waals surface area contributed by atoms with Gasteiger partial charge in [0.1, 0.15) is 17.4 Å². The topological polar surface area (TPSA) is 84.9 Å². The normalized spacial score (nSPS) is 11.6. The highest BCUT2D eigenvalue weighted by Crippen LogP contribution is 2.32. The summed E-state index contributed by atoms with van der Waals surface area (Å²) < 4.78 is 10.3. The molecule has 1 aromatic rings. The van der Waals surface area contributed by atoms with E-state index in [0.717, 1.165) is 5.56 Å². The van der Waals surface area contributed by atoms with Crippen LogP contribution in [0.25, 0.3) is 0 Å². The first-order valence-electron chi connectivity index (χ1n) is 5.67. The number of carbonyl (C=O) groups is 2. The third kappa shape index (κ3) is 3.37. The Morgan fingerprint density at radius 1 is 1.21 bits per heavy atom. The fourth-order valence-electron chi connectivity index (χ4n) is 1.50. The summed E-state index contributed by atoms with van der Waals surface area (Å²) in [6, 6.07) is 3.31. The number of nitrogens with one attached hydrogen (secondary N) is 1. The summed E-state index contributed by atoms with van der Waals surface area (Å²) in [6.45, 7) is 3.16. The predicted molar refractivity (Wildman–Crippen MR) is 69.7 cm³/mol. The third-order valence-electron chi connectivity index (χ3n) is 2.74. The lowest BCUT2D eigenvalue weighted by Crippen LogP contribution is -2.27. The zero-order valence-corrected chi connectivity index (χ0v) is 11.3. The number of rotatable bonds is 5. The van der Waals surface area contributed by atoms with Crippen LogP contribution in [0.5, 0.6) is 11.5 Å². The molecule has 0 spiro atoms. The standard InChI is InChI=1S/C13H17NO5/c1-7-5-11(19-4)9(6-10(7)18-3)14-12(15)8(2)13(16)17/h5-6,8H,1-4H3,(H,14,15)(H,16,17). The molecule has 0 aliphatic carbocycles. The van der Waals surface area contributed by atoms with Gasteiger partial charge in [-0.25, -0.2) is 0 Å². The van der Waals surface area contributed by atoms with Crippen molar-refractivity contribution in [2.45, 2.75) is 13.8 Å². The van der Waals surface area contributed by atoms with Gasteiger partial charge < -0.3 is 19.9 Å². The van der Waals surface area contributed by atoms with Gasteiger partial charge in [0, 0.05) is 6.07 Å². The largest absolute Gasteiger partial charge is 0.496 e. The van der Waals surface area contributed by atoms with Crippen molar-refractivity contribution < 1.29 is 24.2 Å². The molecule has 0 saturated carbocycles. The molecule has 0 saturated heterocycles. The lowest BCUT2D eigenvalue weighted by atomic mass is 10.1. The van der Waals surface area contributed by atoms with Gasteiger partial charge in [-0.3, -0.25) is 9.59 Å². The lowest BCUT2D eigenvalue weighted by molar-refractivity contribution is -0.144. The second kappa shape index (κ2) is 6.08. The van der Waals surface area contributed by atoms with Crippen molar-refractivity contribution >= 4 is 17.6 Å². The van der Waals surface area contributed by atoms with E-state index in [9.17, 15) is 9.59 Å². The number of benzene rings is 1. The minimum absolute atomic E-state index is 0.378. The SMILES string of the molecule is COc1cc(NC(=O)C(C)C(=O)O)c(OC)cc1C. The Balaban J connectivity index is 3.06. The molecule has 1 atom stereocenters. The Hall–Kier alpha value is -2.24. The molecule has 2 N–H and O–H groups in total. The highest BCUT2D eigenvalue weighted by atomic mass is 16.5. The van der Waals surface area contributed by atoms with Crippen LogP contribution in [0.15, 0.2) is 12.1 Å². The molecule has 0 aromatic heterocycles. The Morgan fingerprint density at radius 2 is 1.79 bits per heavy atom. The average Bonchev–Trinajstić information content (AvgIpc) is 2.38. The van der Waals surface area contributed by atoms with Gasteiger partial charge in [0.25, 0.3) is 0 Å². The van der Waals surface area contributed by atoms with Crippen LogP contribution in [0.4, 0.5) is 5.69 Å². The fraction of sp³-hybridized carbons (Fsp3) is 0.385. The van der Waals surface area contributed by atoms with E-state index in [4.69, 9.17) is 14.6 Å². The van der Waals surface area contributed by atoms with E-state index in [1.165, 1.54) is 21.1 Å². The van der Waals surface area contributed by atoms with Gasteiger partial charge in [0.2, 0.25) is 5.91 Å². The van der Waals surface area contributed by atoms with Crippen molar-refractivity contribution in [3.05, 3.63) is 17.7 Å². The maximum atomic E-state index is 11.7. The van der Waals surface area contributed by atoms with E-state index in [-0.39, 0.29) is 0 Å². The highest BCUT2D eigenvalue weighted by Gasteiger charge is 2.22. The van der Waals surface area contributed by atoms with Crippen molar-refractivity contribution in [1.82, 2.24) is 0 Å². The first-order valence-corrected chi connectivity index (χ1v) is 5.67. The van der Waals surface area contributed by atoms with Crippen LogP contribution < -0.4 is 14.8 Å². The Morgan fingerprint density at radius 3 is 2.26 bits per heavy atom. The van der Waals surface area contributed by atoms with Gasteiger partial charge in [-0.05, 0) is 25.5 Å². The van der Waals surface area contributed by atoms with Crippen LogP contribution in [-0.2, 0) is 9.59 Å². The Kier molecular flexibility index (Phi) is 4.74. The summed E-state index contributed by atoms with van der Waals surface area (Å²) in [5, 5.41) is 11.3. The lowest BCUT2D eigenvalue weighted by Gasteiger charge is -2.15. The number of amides is 1. The summed E-state index contributed by atoms with van der Waals surface area (Å²) in [7, 11) is 2.98. The van der Waals surface area contributed by atoms with E-state index in [2.05, 4.69) is 5.32 Å². The van der Waals surface area contributed by atoms with Crippen LogP contribution in [0.1, 0.15) is 12.5 Å². The van der Waals surface area contributed by atoms with Crippen molar-refractivity contribution in [1.29, 1.82) is 0 Å². The van der Waals surface area contributed by atoms with Gasteiger partial charge in [-0.15, -0.1) is 0 Å². The average molecular weight is 267 g/mol. The van der Waals surface area contributed by atoms with E-state index in [1.54, 1.807) is 12.1 Å². The minimum atomic E-state index is -1.18. The zero-order chi connectivity index (χ0) is 14.6. The number of hydrogen-bond acceptors (Lipinski definition) is 4. The number of anilines is 1. The van der Waals surface area contributed by atoms with Gasteiger partial charge in [0.05, 0.1) is 19.9 Å². The number of methoxy groups -OCH3 is 2. The number of aliphatic carboxylic acids is 1. The summed E-state index contributed by atoms with van der Waals surface area (Å²) >= 11 is 0. The first kappa shape index (κ1) is 14.8. The van der Waals surface area contributed by atoms with Gasteiger partial charge >= 0.3 is 5.97 Å². The molecule has 0 aliphatic rings. The van der Waals surface area contributed by atoms with Crippen LogP contribution >= 0.6 is 0 Å².